The molecule has 1 aromatic rings. The van der Waals surface area contributed by atoms with Crippen LogP contribution >= 0.6 is 0 Å². The first-order chi connectivity index (χ1) is 13.4. The molecule has 156 valence electrons. The zero-order valence-electron chi connectivity index (χ0n) is 17.4. The van der Waals surface area contributed by atoms with Crippen LogP contribution in [-0.2, 0) is 9.63 Å². The molecule has 29 heavy (non-hydrogen) atoms. The molecule has 1 amide bonds. The fourth-order valence-electron chi connectivity index (χ4n) is 4.82. The van der Waals surface area contributed by atoms with Gasteiger partial charge in [0.2, 0.25) is 5.91 Å². The van der Waals surface area contributed by atoms with Crippen molar-refractivity contribution in [2.45, 2.75) is 59.9 Å². The van der Waals surface area contributed by atoms with Gasteiger partial charge in [0.05, 0.1) is 21.6 Å². The van der Waals surface area contributed by atoms with Crippen LogP contribution in [0.5, 0.6) is 0 Å². The van der Waals surface area contributed by atoms with Crippen LogP contribution in [-0.4, -0.2) is 28.6 Å². The maximum Gasteiger partial charge on any atom is 0.365 e. The molecule has 8 nitrogen and oxygen atoms in total. The van der Waals surface area contributed by atoms with E-state index in [0.29, 0.717) is 12.1 Å². The van der Waals surface area contributed by atoms with E-state index in [4.69, 9.17) is 4.84 Å². The van der Waals surface area contributed by atoms with Gasteiger partial charge in [-0.15, -0.1) is 0 Å². The summed E-state index contributed by atoms with van der Waals surface area (Å²) in [5.41, 5.74) is -0.762. The Morgan fingerprint density at radius 3 is 2.55 bits per heavy atom. The van der Waals surface area contributed by atoms with Gasteiger partial charge in [-0.2, -0.15) is 0 Å². The number of nitro benzene ring substituents is 1. The number of non-ortho nitro benzene ring substituents is 1. The second-order valence-electron chi connectivity index (χ2n) is 9.07. The summed E-state index contributed by atoms with van der Waals surface area (Å²) in [7, 11) is 0. The Balaban J connectivity index is 1.86. The van der Waals surface area contributed by atoms with Crippen molar-refractivity contribution in [2.75, 3.05) is 0 Å². The van der Waals surface area contributed by atoms with Crippen LogP contribution in [0.4, 0.5) is 5.69 Å². The van der Waals surface area contributed by atoms with Crippen LogP contribution in [0.15, 0.2) is 29.4 Å². The standard InChI is InChI=1S/C21H27N3O5/c1-13(2)22-18(26)21-10-9-20(5,19(21,3)4)16(12-21)23-29-17(25)14-7-6-8-15(11-14)24(27)28/h6-8,11,13H,9-10,12H2,1-5H3,(H,22,26)/b23-16-. The monoisotopic (exact) mass is 401 g/mol. The van der Waals surface area contributed by atoms with Gasteiger partial charge < -0.3 is 10.2 Å². The number of carbonyl (C=O) groups excluding carboxylic acids is 2. The molecule has 1 aromatic carbocycles. The topological polar surface area (TPSA) is 111 Å². The lowest BCUT2D eigenvalue weighted by molar-refractivity contribution is -0.384. The molecule has 1 N–H and O–H groups in total. The number of amides is 1. The molecular formula is C21H27N3O5. The second-order valence-corrected chi connectivity index (χ2v) is 9.07. The van der Waals surface area contributed by atoms with E-state index < -0.39 is 16.3 Å². The number of hydrogen-bond donors (Lipinski definition) is 1. The summed E-state index contributed by atoms with van der Waals surface area (Å²) in [6, 6.07) is 5.37. The number of carbonyl (C=O) groups is 2. The van der Waals surface area contributed by atoms with Crippen LogP contribution < -0.4 is 5.32 Å². The Bertz CT molecular complexity index is 907. The van der Waals surface area contributed by atoms with Gasteiger partial charge in [0.1, 0.15) is 0 Å². The molecule has 0 saturated heterocycles. The molecule has 8 heteroatoms. The molecule has 2 atom stereocenters. The number of nitrogens with one attached hydrogen (secondary N) is 1. The van der Waals surface area contributed by atoms with Crippen LogP contribution in [0.3, 0.4) is 0 Å². The zero-order chi connectivity index (χ0) is 21.6. The largest absolute Gasteiger partial charge is 0.365 e. The number of benzene rings is 1. The molecule has 0 aliphatic heterocycles. The summed E-state index contributed by atoms with van der Waals surface area (Å²) in [5, 5.41) is 18.1. The van der Waals surface area contributed by atoms with Gasteiger partial charge >= 0.3 is 5.97 Å². The molecule has 2 unspecified atom stereocenters. The van der Waals surface area contributed by atoms with Crippen molar-refractivity contribution in [1.29, 1.82) is 0 Å². The average molecular weight is 401 g/mol. The van der Waals surface area contributed by atoms with Crippen molar-refractivity contribution in [3.8, 4) is 0 Å². The summed E-state index contributed by atoms with van der Waals surface area (Å²) in [5.74, 6) is -0.748. The summed E-state index contributed by atoms with van der Waals surface area (Å²) in [6.07, 6.45) is 1.96. The number of rotatable bonds is 5. The number of nitro groups is 1. The predicted octanol–water partition coefficient (Wildman–Crippen LogP) is 3.85. The van der Waals surface area contributed by atoms with Gasteiger partial charge in [-0.3, -0.25) is 14.9 Å². The van der Waals surface area contributed by atoms with Crippen molar-refractivity contribution in [1.82, 2.24) is 5.32 Å². The van der Waals surface area contributed by atoms with Crippen molar-refractivity contribution in [3.05, 3.63) is 39.9 Å². The van der Waals surface area contributed by atoms with Crippen molar-refractivity contribution >= 4 is 23.3 Å². The third-order valence-corrected chi connectivity index (χ3v) is 7.12. The highest BCUT2D eigenvalue weighted by atomic mass is 16.7. The summed E-state index contributed by atoms with van der Waals surface area (Å²) in [6.45, 7) is 10.1. The van der Waals surface area contributed by atoms with E-state index in [9.17, 15) is 19.7 Å². The van der Waals surface area contributed by atoms with Gasteiger partial charge in [0, 0.05) is 30.0 Å². The Morgan fingerprint density at radius 2 is 1.93 bits per heavy atom. The first-order valence-corrected chi connectivity index (χ1v) is 9.79. The zero-order valence-corrected chi connectivity index (χ0v) is 17.4. The van der Waals surface area contributed by atoms with Crippen LogP contribution in [0.1, 0.15) is 64.2 Å². The first-order valence-electron chi connectivity index (χ1n) is 9.79. The summed E-state index contributed by atoms with van der Waals surface area (Å²) >= 11 is 0. The molecule has 2 saturated carbocycles. The predicted molar refractivity (Wildman–Crippen MR) is 107 cm³/mol. The van der Waals surface area contributed by atoms with Crippen molar-refractivity contribution in [2.24, 2.45) is 21.4 Å². The maximum absolute atomic E-state index is 13.1. The molecule has 3 rings (SSSR count). The number of fused-ring (bicyclic) bond motifs is 2. The highest BCUT2D eigenvalue weighted by Crippen LogP contribution is 2.71. The Hall–Kier alpha value is -2.77. The van der Waals surface area contributed by atoms with E-state index in [-0.39, 0.29) is 34.0 Å². The van der Waals surface area contributed by atoms with Crippen molar-refractivity contribution < 1.29 is 19.3 Å². The molecular weight excluding hydrogens is 374 g/mol. The Morgan fingerprint density at radius 1 is 1.24 bits per heavy atom. The fraction of sp³-hybridized carbons (Fsp3) is 0.571. The van der Waals surface area contributed by atoms with Crippen molar-refractivity contribution in [3.63, 3.8) is 0 Å². The Labute approximate surface area is 169 Å². The second kappa shape index (κ2) is 6.93. The van der Waals surface area contributed by atoms with Gasteiger partial charge in [0.25, 0.3) is 5.69 Å². The normalized spacial score (nSPS) is 28.6. The minimum atomic E-state index is -0.758. The smallest absolute Gasteiger partial charge is 0.353 e. The van der Waals surface area contributed by atoms with Gasteiger partial charge in [-0.25, -0.2) is 4.79 Å². The minimum absolute atomic E-state index is 0.0106. The summed E-state index contributed by atoms with van der Waals surface area (Å²) in [4.78, 5) is 40.9. The lowest BCUT2D eigenvalue weighted by atomic mass is 9.64. The van der Waals surface area contributed by atoms with Crippen LogP contribution in [0.25, 0.3) is 0 Å². The van der Waals surface area contributed by atoms with Crippen LogP contribution in [0, 0.1) is 26.4 Å². The molecule has 0 heterocycles. The molecule has 0 radical (unpaired) electrons. The third-order valence-electron chi connectivity index (χ3n) is 7.12. The fourth-order valence-corrected chi connectivity index (χ4v) is 4.82. The van der Waals surface area contributed by atoms with Gasteiger partial charge in [-0.05, 0) is 38.2 Å². The molecule has 0 aromatic heterocycles. The lowest BCUT2D eigenvalue weighted by Gasteiger charge is -2.39. The van der Waals surface area contributed by atoms with E-state index in [1.54, 1.807) is 0 Å². The van der Waals surface area contributed by atoms with Crippen LogP contribution in [0.2, 0.25) is 0 Å². The third kappa shape index (κ3) is 3.10. The van der Waals surface area contributed by atoms with E-state index in [1.165, 1.54) is 18.2 Å². The molecule has 2 aliphatic rings. The van der Waals surface area contributed by atoms with E-state index in [1.807, 2.05) is 13.8 Å². The summed E-state index contributed by atoms with van der Waals surface area (Å²) < 4.78 is 0. The van der Waals surface area contributed by atoms with E-state index in [0.717, 1.165) is 18.9 Å². The highest BCUT2D eigenvalue weighted by molar-refractivity contribution is 6.02. The lowest BCUT2D eigenvalue weighted by Crippen LogP contribution is -2.48. The molecule has 2 fully saturated rings. The average Bonchev–Trinajstić information content (AvgIpc) is 2.96. The van der Waals surface area contributed by atoms with E-state index in [2.05, 4.69) is 31.2 Å². The molecule has 2 aliphatic carbocycles. The molecule has 2 bridgehead atoms. The SMILES string of the molecule is CC(C)NC(=O)C12CCC(C)(/C(=N\OC(=O)c3cccc([N+](=O)[O-])c3)C1)C2(C)C. The van der Waals surface area contributed by atoms with Gasteiger partial charge in [0.15, 0.2) is 0 Å². The number of hydrogen-bond acceptors (Lipinski definition) is 6. The Kier molecular flexibility index (Phi) is 5.01. The number of nitrogens with zero attached hydrogens (tertiary/aromatic N) is 2. The number of oxime groups is 1. The maximum atomic E-state index is 13.1. The quantitative estimate of drug-likeness (QED) is 0.458. The first kappa shape index (κ1) is 21.0. The highest BCUT2D eigenvalue weighted by Gasteiger charge is 2.71. The van der Waals surface area contributed by atoms with E-state index >= 15 is 0 Å². The minimum Gasteiger partial charge on any atom is -0.353 e. The molecule has 0 spiro atoms. The van der Waals surface area contributed by atoms with Gasteiger partial charge in [-0.1, -0.05) is 32.0 Å².